The van der Waals surface area contributed by atoms with Crippen LogP contribution in [0, 0.1) is 0 Å². The topological polar surface area (TPSA) is 373 Å². The summed E-state index contributed by atoms with van der Waals surface area (Å²) in [5.41, 5.74) is 0.874. The van der Waals surface area contributed by atoms with Gasteiger partial charge in [0, 0.05) is 89.5 Å². The molecule has 28 nitrogen and oxygen atoms in total. The third kappa shape index (κ3) is 14.6. The number of fused-ring (bicyclic) bond motifs is 2. The Morgan fingerprint density at radius 3 is 1.17 bits per heavy atom. The third-order valence-electron chi connectivity index (χ3n) is 10.4. The number of carbonyl (C=O) groups is 8. The number of halogens is 2. The average molecular weight is 1050 g/mol. The van der Waals surface area contributed by atoms with E-state index in [0.717, 1.165) is 26.2 Å². The number of piperazine rings is 2. The second kappa shape index (κ2) is 25.4. The number of likely N-dealkylation sites (N-methyl/N-ethyl adjacent to an activating group) is 2. The predicted molar refractivity (Wildman–Crippen MR) is 245 cm³/mol. The van der Waals surface area contributed by atoms with E-state index in [-0.39, 0.29) is 11.4 Å². The molecule has 0 aromatic carbocycles. The van der Waals surface area contributed by atoms with Gasteiger partial charge in [-0.05, 0) is 38.4 Å². The summed E-state index contributed by atoms with van der Waals surface area (Å²) < 4.78 is 11.4. The van der Waals surface area contributed by atoms with Crippen LogP contribution in [0.2, 0.25) is 10.0 Å². The zero-order valence-electron chi connectivity index (χ0n) is 38.0. The van der Waals surface area contributed by atoms with Crippen molar-refractivity contribution in [1.82, 2.24) is 49.5 Å². The minimum atomic E-state index is -1.79. The van der Waals surface area contributed by atoms with Gasteiger partial charge < -0.3 is 59.7 Å². The van der Waals surface area contributed by atoms with Crippen molar-refractivity contribution in [3.8, 4) is 0 Å². The van der Waals surface area contributed by atoms with E-state index < -0.39 is 85.4 Å². The summed E-state index contributed by atoms with van der Waals surface area (Å²) in [5, 5.41) is 49.2. The number of carboxylic acid groups (broad SMARTS) is 4. The Bertz CT molecular complexity index is 2430. The third-order valence-corrected chi connectivity index (χ3v) is 10.9. The fourth-order valence-corrected chi connectivity index (χ4v) is 6.81. The van der Waals surface area contributed by atoms with E-state index >= 15 is 0 Å². The summed E-state index contributed by atoms with van der Waals surface area (Å²) in [6.07, 6.45) is 0.476. The molecule has 4 aromatic heterocycles. The van der Waals surface area contributed by atoms with E-state index in [2.05, 4.69) is 39.7 Å². The van der Waals surface area contributed by atoms with E-state index in [0.29, 0.717) is 59.2 Å². The van der Waals surface area contributed by atoms with E-state index in [1.807, 2.05) is 14.1 Å². The van der Waals surface area contributed by atoms with E-state index in [1.54, 1.807) is 34.1 Å². The number of pyridine rings is 2. The minimum Gasteiger partial charge on any atom is -0.481 e. The molecular formula is C42H46Cl2N12O16. The van der Waals surface area contributed by atoms with Crippen LogP contribution in [0.5, 0.6) is 0 Å². The van der Waals surface area contributed by atoms with Gasteiger partial charge in [-0.1, -0.05) is 23.2 Å². The van der Waals surface area contributed by atoms with Crippen molar-refractivity contribution in [3.05, 3.63) is 94.3 Å². The molecule has 6 N–H and O–H groups in total. The van der Waals surface area contributed by atoms with Gasteiger partial charge in [-0.25, -0.2) is 48.9 Å². The van der Waals surface area contributed by atoms with E-state index in [9.17, 15) is 38.4 Å². The lowest BCUT2D eigenvalue weighted by Gasteiger charge is -2.33. The van der Waals surface area contributed by atoms with Crippen LogP contribution >= 0.6 is 23.2 Å². The lowest BCUT2D eigenvalue weighted by Crippen LogP contribution is -2.48. The van der Waals surface area contributed by atoms with Crippen molar-refractivity contribution in [3.63, 3.8) is 0 Å². The molecular weight excluding hydrogens is 999 g/mol. The maximum absolute atomic E-state index is 12.8. The van der Waals surface area contributed by atoms with Gasteiger partial charge in [0.05, 0.1) is 22.9 Å². The second-order valence-electron chi connectivity index (χ2n) is 15.6. The Balaban J connectivity index is 0.000000201. The molecule has 0 unspecified atom stereocenters. The quantitative estimate of drug-likeness (QED) is 0.129. The van der Waals surface area contributed by atoms with Crippen molar-refractivity contribution < 1.29 is 78.5 Å². The van der Waals surface area contributed by atoms with Crippen LogP contribution < -0.4 is 9.80 Å². The van der Waals surface area contributed by atoms with Gasteiger partial charge in [0.25, 0.3) is 11.8 Å². The average Bonchev–Trinajstić information content (AvgIpc) is 3.78. The number of aliphatic hydroxyl groups excluding tert-OH is 2. The number of hydrogen-bond donors (Lipinski definition) is 6. The fraction of sp³-hybridized carbons (Fsp3) is 0.381. The monoisotopic (exact) mass is 1040 g/mol. The highest BCUT2D eigenvalue weighted by molar-refractivity contribution is 6.30. The highest BCUT2D eigenvalue weighted by atomic mass is 35.5. The van der Waals surface area contributed by atoms with Crippen molar-refractivity contribution in [2.75, 3.05) is 76.3 Å². The van der Waals surface area contributed by atoms with Crippen LogP contribution in [0.25, 0.3) is 0 Å². The van der Waals surface area contributed by atoms with E-state index in [4.69, 9.17) is 63.3 Å². The largest absolute Gasteiger partial charge is 0.481 e. The number of nitrogens with zero attached hydrogens (tertiary/aromatic N) is 12. The SMILES string of the molecule is CN1CCN(C(=O)O[C@H]2c3nccnc3C(=O)N2c2ccc(Cl)cn2)CC1.CN1CCN(C(=O)O[C@H]2c3nccnc3C(=O)N2c2ccc(Cl)cn2)CC1.O=C(O)C[C@H](O)C(=O)O.O=C(O)C[C@H](O)C(=O)O. The fourth-order valence-electron chi connectivity index (χ4n) is 6.58. The first kappa shape index (κ1) is 55.2. The molecule has 4 atom stereocenters. The van der Waals surface area contributed by atoms with Gasteiger partial charge in [-0.15, -0.1) is 0 Å². The van der Waals surface area contributed by atoms with Crippen LogP contribution in [-0.2, 0) is 28.7 Å². The number of carbonyl (C=O) groups excluding carboxylic acids is 4. The summed E-state index contributed by atoms with van der Waals surface area (Å²) in [7, 11) is 4.00. The Morgan fingerprint density at radius 1 is 0.556 bits per heavy atom. The Morgan fingerprint density at radius 2 is 0.889 bits per heavy atom. The van der Waals surface area contributed by atoms with Crippen LogP contribution in [0.3, 0.4) is 0 Å². The van der Waals surface area contributed by atoms with Crippen LogP contribution in [0.1, 0.15) is 57.7 Å². The molecule has 0 saturated carbocycles. The van der Waals surface area contributed by atoms with Gasteiger partial charge in [-0.3, -0.25) is 29.1 Å². The molecule has 4 amide bonds. The maximum Gasteiger partial charge on any atom is 0.412 e. The van der Waals surface area contributed by atoms with Gasteiger partial charge in [0.2, 0.25) is 12.5 Å². The van der Waals surface area contributed by atoms with Gasteiger partial charge in [0.15, 0.2) is 23.6 Å². The summed E-state index contributed by atoms with van der Waals surface area (Å²) in [4.78, 5) is 125. The predicted octanol–water partition coefficient (Wildman–Crippen LogP) is 0.949. The molecule has 8 rings (SSSR count). The van der Waals surface area contributed by atoms with Crippen molar-refractivity contribution in [2.24, 2.45) is 0 Å². The normalized spacial score (nSPS) is 18.1. The second-order valence-corrected chi connectivity index (χ2v) is 16.4. The van der Waals surface area contributed by atoms with Crippen molar-refractivity contribution in [2.45, 2.75) is 37.5 Å². The van der Waals surface area contributed by atoms with Crippen LogP contribution in [-0.4, -0.2) is 207 Å². The van der Waals surface area contributed by atoms with Crippen molar-refractivity contribution in [1.29, 1.82) is 0 Å². The van der Waals surface area contributed by atoms with Crippen molar-refractivity contribution >= 4 is 82.7 Å². The molecule has 0 aliphatic carbocycles. The molecule has 72 heavy (non-hydrogen) atoms. The standard InChI is InChI=1S/2C17H17ClN6O3.2C4H6O5/c2*1-22-6-8-23(9-7-22)17(26)27-16-14-13(19-4-5-20-14)15(25)24(16)12-3-2-11(18)10-21-12;2*5-2(4(8)9)1-3(6)7/h2*2-5,10,16H,6-9H2,1H3;2*2,5H,1H2,(H,6,7)(H,8,9)/t2*16-;2*2-/m0000/s1. The molecule has 2 fully saturated rings. The lowest BCUT2D eigenvalue weighted by atomic mass is 10.3. The molecule has 384 valence electrons. The zero-order valence-corrected chi connectivity index (χ0v) is 39.6. The van der Waals surface area contributed by atoms with E-state index in [1.165, 1.54) is 47.0 Å². The number of carboxylic acids is 4. The van der Waals surface area contributed by atoms with Gasteiger partial charge in [0.1, 0.15) is 23.0 Å². The highest BCUT2D eigenvalue weighted by Gasteiger charge is 2.46. The highest BCUT2D eigenvalue weighted by Crippen LogP contribution is 2.37. The summed E-state index contributed by atoms with van der Waals surface area (Å²) in [5.74, 6) is -5.93. The first-order valence-electron chi connectivity index (χ1n) is 21.2. The summed E-state index contributed by atoms with van der Waals surface area (Å²) in [6, 6.07) is 6.40. The first-order valence-corrected chi connectivity index (χ1v) is 22.0. The summed E-state index contributed by atoms with van der Waals surface area (Å²) >= 11 is 11.8. The molecule has 2 saturated heterocycles. The smallest absolute Gasteiger partial charge is 0.412 e. The molecule has 4 aliphatic heterocycles. The number of rotatable bonds is 10. The number of aliphatic hydroxyl groups is 2. The van der Waals surface area contributed by atoms with Gasteiger partial charge in [-0.2, -0.15) is 0 Å². The van der Waals surface area contributed by atoms with Gasteiger partial charge >= 0.3 is 36.1 Å². The number of hydrogen-bond acceptors (Lipinski definition) is 20. The molecule has 8 heterocycles. The Kier molecular flexibility index (Phi) is 19.5. The molecule has 4 aromatic rings. The number of anilines is 2. The molecule has 30 heteroatoms. The number of aromatic nitrogens is 6. The molecule has 0 radical (unpaired) electrons. The van der Waals surface area contributed by atoms with Crippen LogP contribution in [0.4, 0.5) is 21.2 Å². The molecule has 4 aliphatic rings. The minimum absolute atomic E-state index is 0.144. The number of ether oxygens (including phenoxy) is 2. The maximum atomic E-state index is 12.8. The number of aliphatic carboxylic acids is 4. The summed E-state index contributed by atoms with van der Waals surface area (Å²) in [6.45, 7) is 5.28. The Labute approximate surface area is 417 Å². The van der Waals surface area contributed by atoms with Crippen LogP contribution in [0.15, 0.2) is 61.4 Å². The molecule has 0 bridgehead atoms. The lowest BCUT2D eigenvalue weighted by molar-refractivity contribution is -0.153. The zero-order chi connectivity index (χ0) is 52.8. The Hall–Kier alpha value is -7.76. The molecule has 0 spiro atoms. The number of amides is 4. The first-order chi connectivity index (χ1) is 34.2.